The number of fused-ring (bicyclic) bond motifs is 3. The molecule has 6 nitrogen and oxygen atoms in total. The molecule has 4 aliphatic rings. The zero-order valence-corrected chi connectivity index (χ0v) is 18.5. The van der Waals surface area contributed by atoms with Crippen molar-refractivity contribution in [3.63, 3.8) is 0 Å². The first kappa shape index (κ1) is 21.5. The second-order valence-corrected chi connectivity index (χ2v) is 10.8. The molecule has 8 atom stereocenters. The van der Waals surface area contributed by atoms with E-state index < -0.39 is 17.6 Å². The Kier molecular flexibility index (Phi) is 4.96. The Bertz CT molecular complexity index is 804. The summed E-state index contributed by atoms with van der Waals surface area (Å²) in [4.78, 5) is 37.0. The first-order chi connectivity index (χ1) is 14.0. The van der Waals surface area contributed by atoms with Crippen LogP contribution in [0.5, 0.6) is 0 Å². The van der Waals surface area contributed by atoms with Crippen LogP contribution in [0, 0.1) is 34.0 Å². The quantitative estimate of drug-likeness (QED) is 0.559. The Labute approximate surface area is 178 Å². The number of rotatable bonds is 3. The summed E-state index contributed by atoms with van der Waals surface area (Å²) in [5, 5.41) is 11.5. The van der Waals surface area contributed by atoms with E-state index in [0.29, 0.717) is 31.4 Å². The number of Topliss-reactive ketones (excluding diaryl/α,β-unsaturated/α-hetero) is 1. The van der Waals surface area contributed by atoms with Crippen LogP contribution in [0.15, 0.2) is 12.2 Å². The van der Waals surface area contributed by atoms with Crippen LogP contribution in [-0.2, 0) is 23.9 Å². The summed E-state index contributed by atoms with van der Waals surface area (Å²) in [5.74, 6) is -0.941. The molecule has 6 heteroatoms. The lowest BCUT2D eigenvalue weighted by Crippen LogP contribution is -2.67. The van der Waals surface area contributed by atoms with E-state index in [1.807, 2.05) is 0 Å². The first-order valence-corrected chi connectivity index (χ1v) is 11.2. The molecule has 4 saturated carbocycles. The Hall–Kier alpha value is -1.69. The van der Waals surface area contributed by atoms with Crippen molar-refractivity contribution in [2.75, 3.05) is 6.61 Å². The number of ether oxygens (including phenoxy) is 2. The van der Waals surface area contributed by atoms with Gasteiger partial charge in [-0.1, -0.05) is 26.8 Å². The number of hydrogen-bond acceptors (Lipinski definition) is 6. The van der Waals surface area contributed by atoms with E-state index in [1.54, 1.807) is 0 Å². The van der Waals surface area contributed by atoms with Crippen molar-refractivity contribution in [2.24, 2.45) is 34.0 Å². The maximum Gasteiger partial charge on any atom is 0.302 e. The molecular weight excluding hydrogens is 384 g/mol. The van der Waals surface area contributed by atoms with E-state index in [4.69, 9.17) is 9.47 Å². The molecule has 0 saturated heterocycles. The van der Waals surface area contributed by atoms with Gasteiger partial charge < -0.3 is 14.6 Å². The second-order valence-electron chi connectivity index (χ2n) is 10.8. The lowest BCUT2D eigenvalue weighted by atomic mass is 9.39. The average molecular weight is 419 g/mol. The average Bonchev–Trinajstić information content (AvgIpc) is 2.84. The van der Waals surface area contributed by atoms with Crippen molar-refractivity contribution in [1.29, 1.82) is 0 Å². The molecule has 0 aromatic rings. The molecule has 4 aliphatic carbocycles. The van der Waals surface area contributed by atoms with E-state index in [0.717, 1.165) is 19.3 Å². The minimum absolute atomic E-state index is 0.0356. The van der Waals surface area contributed by atoms with Gasteiger partial charge in [0.1, 0.15) is 6.10 Å². The van der Waals surface area contributed by atoms with Gasteiger partial charge in [-0.2, -0.15) is 0 Å². The normalized spacial score (nSPS) is 47.3. The van der Waals surface area contributed by atoms with Gasteiger partial charge in [-0.3, -0.25) is 14.4 Å². The Morgan fingerprint density at radius 2 is 1.87 bits per heavy atom. The van der Waals surface area contributed by atoms with E-state index >= 15 is 0 Å². The van der Waals surface area contributed by atoms with Gasteiger partial charge in [-0.25, -0.2) is 0 Å². The molecule has 1 N–H and O–H groups in total. The van der Waals surface area contributed by atoms with Crippen LogP contribution in [0.4, 0.5) is 0 Å². The van der Waals surface area contributed by atoms with Crippen molar-refractivity contribution < 1.29 is 29.0 Å². The van der Waals surface area contributed by atoms with Gasteiger partial charge in [-0.15, -0.1) is 0 Å². The highest BCUT2D eigenvalue weighted by molar-refractivity contribution is 6.03. The number of aliphatic hydroxyl groups excluding tert-OH is 1. The van der Waals surface area contributed by atoms with Gasteiger partial charge >= 0.3 is 11.9 Å². The number of ketones is 1. The fraction of sp³-hybridized carbons (Fsp3) is 0.792. The van der Waals surface area contributed by atoms with Gasteiger partial charge in [0.15, 0.2) is 5.78 Å². The summed E-state index contributed by atoms with van der Waals surface area (Å²) in [6.45, 7) is 11.5. The maximum absolute atomic E-state index is 13.5. The van der Waals surface area contributed by atoms with E-state index in [2.05, 4.69) is 20.4 Å². The molecular formula is C24H34O6. The van der Waals surface area contributed by atoms with Crippen molar-refractivity contribution in [1.82, 2.24) is 0 Å². The van der Waals surface area contributed by atoms with Gasteiger partial charge in [0.25, 0.3) is 0 Å². The molecule has 4 rings (SSSR count). The van der Waals surface area contributed by atoms with Crippen molar-refractivity contribution in [3.8, 4) is 0 Å². The second kappa shape index (κ2) is 6.91. The third-order valence-corrected chi connectivity index (χ3v) is 9.02. The molecule has 0 unspecified atom stereocenters. The van der Waals surface area contributed by atoms with Crippen LogP contribution in [0.1, 0.15) is 66.2 Å². The van der Waals surface area contributed by atoms with Crippen molar-refractivity contribution in [3.05, 3.63) is 12.2 Å². The predicted molar refractivity (Wildman–Crippen MR) is 109 cm³/mol. The summed E-state index contributed by atoms with van der Waals surface area (Å²) in [5.41, 5.74) is -0.949. The topological polar surface area (TPSA) is 89.9 Å². The highest BCUT2D eigenvalue weighted by Gasteiger charge is 2.73. The van der Waals surface area contributed by atoms with Crippen LogP contribution in [0.2, 0.25) is 0 Å². The van der Waals surface area contributed by atoms with Crippen LogP contribution in [0.25, 0.3) is 0 Å². The monoisotopic (exact) mass is 418 g/mol. The number of allylic oxidation sites excluding steroid dienone is 1. The molecule has 0 radical (unpaired) electrons. The molecule has 166 valence electrons. The summed E-state index contributed by atoms with van der Waals surface area (Å²) in [7, 11) is 0. The van der Waals surface area contributed by atoms with Gasteiger partial charge in [0.05, 0.1) is 18.1 Å². The lowest BCUT2D eigenvalue weighted by Gasteiger charge is -2.65. The number of carbonyl (C=O) groups is 3. The maximum atomic E-state index is 13.5. The summed E-state index contributed by atoms with van der Waals surface area (Å²) < 4.78 is 11.3. The largest absolute Gasteiger partial charge is 0.465 e. The fourth-order valence-corrected chi connectivity index (χ4v) is 8.00. The number of esters is 2. The van der Waals surface area contributed by atoms with Gasteiger partial charge in [0, 0.05) is 25.2 Å². The summed E-state index contributed by atoms with van der Waals surface area (Å²) in [6, 6.07) is 0. The van der Waals surface area contributed by atoms with E-state index in [-0.39, 0.29) is 46.3 Å². The predicted octanol–water partition coefficient (Wildman–Crippen LogP) is 3.21. The zero-order chi connectivity index (χ0) is 22.1. The van der Waals surface area contributed by atoms with Crippen LogP contribution < -0.4 is 0 Å². The number of hydrogen-bond donors (Lipinski definition) is 1. The lowest BCUT2D eigenvalue weighted by molar-refractivity contribution is -0.235. The van der Waals surface area contributed by atoms with Crippen LogP contribution in [0.3, 0.4) is 0 Å². The minimum atomic E-state index is -0.926. The van der Waals surface area contributed by atoms with Crippen molar-refractivity contribution >= 4 is 17.7 Å². The molecule has 0 aromatic heterocycles. The van der Waals surface area contributed by atoms with E-state index in [9.17, 15) is 19.5 Å². The fourth-order valence-electron chi connectivity index (χ4n) is 8.00. The Morgan fingerprint density at radius 3 is 2.50 bits per heavy atom. The zero-order valence-electron chi connectivity index (χ0n) is 18.5. The van der Waals surface area contributed by atoms with Gasteiger partial charge in [0.2, 0.25) is 0 Å². The molecule has 0 amide bonds. The van der Waals surface area contributed by atoms with Gasteiger partial charge in [-0.05, 0) is 54.9 Å². The molecule has 30 heavy (non-hydrogen) atoms. The Morgan fingerprint density at radius 1 is 1.17 bits per heavy atom. The van der Waals surface area contributed by atoms with E-state index in [1.165, 1.54) is 13.8 Å². The molecule has 1 spiro atoms. The highest BCUT2D eigenvalue weighted by atomic mass is 16.5. The third-order valence-electron chi connectivity index (χ3n) is 9.02. The van der Waals surface area contributed by atoms with Crippen LogP contribution >= 0.6 is 0 Å². The van der Waals surface area contributed by atoms with Crippen molar-refractivity contribution in [2.45, 2.75) is 78.4 Å². The molecule has 2 bridgehead atoms. The standard InChI is InChI=1S/C24H34O6/c1-13-16-9-17(30-15(3)26)20-23(5)8-6-7-22(4,12-29-14(2)25)18(23)10-19(27)24(20,11-16)21(13)28/h16-20,27H,1,6-12H2,2-5H3/t16-,17+,18-,19-,20+,22-,23-,24+/m1/s1. The summed E-state index contributed by atoms with van der Waals surface area (Å²) >= 11 is 0. The summed E-state index contributed by atoms with van der Waals surface area (Å²) in [6.07, 6.45) is 3.18. The molecule has 0 aliphatic heterocycles. The molecule has 0 aromatic carbocycles. The first-order valence-electron chi connectivity index (χ1n) is 11.2. The number of aliphatic hydroxyl groups is 1. The molecule has 4 fully saturated rings. The minimum Gasteiger partial charge on any atom is -0.465 e. The van der Waals surface area contributed by atoms with Crippen LogP contribution in [-0.4, -0.2) is 41.6 Å². The number of carbonyl (C=O) groups excluding carboxylic acids is 3. The third kappa shape index (κ3) is 2.82. The smallest absolute Gasteiger partial charge is 0.302 e. The highest BCUT2D eigenvalue weighted by Crippen LogP contribution is 2.71. The SMILES string of the molecule is C=C1C(=O)[C@]23C[C@H]1C[C@H](OC(C)=O)[C@H]2[C@]1(C)CCC[C@](C)(COC(C)=O)[C@H]1C[C@H]3O. The molecule has 0 heterocycles. The Balaban J connectivity index is 1.81.